The van der Waals surface area contributed by atoms with E-state index in [-0.39, 0.29) is 0 Å². The summed E-state index contributed by atoms with van der Waals surface area (Å²) < 4.78 is 0. The van der Waals surface area contributed by atoms with E-state index in [0.29, 0.717) is 11.2 Å². The van der Waals surface area contributed by atoms with Crippen molar-refractivity contribution in [2.45, 2.75) is 12.8 Å². The van der Waals surface area contributed by atoms with Gasteiger partial charge in [0.25, 0.3) is 0 Å². The lowest BCUT2D eigenvalue weighted by molar-refractivity contribution is 0.448. The van der Waals surface area contributed by atoms with Crippen LogP contribution in [0, 0.1) is 11.3 Å². The monoisotopic (exact) mass is 189 g/mol. The molecule has 1 aliphatic heterocycles. The van der Waals surface area contributed by atoms with E-state index in [1.165, 1.54) is 13.0 Å². The summed E-state index contributed by atoms with van der Waals surface area (Å²) in [6.07, 6.45) is 2.38. The van der Waals surface area contributed by atoms with Gasteiger partial charge >= 0.3 is 0 Å². The molecule has 2 fully saturated rings. The van der Waals surface area contributed by atoms with Crippen molar-refractivity contribution in [3.8, 4) is 5.75 Å². The standard InChI is InChI=1S/C12H15NO/c14-11-4-2-1-3-9(11)5-12-6-10(12)7-13-8-12/h1-4,10,13-14H,5-8H2. The van der Waals surface area contributed by atoms with Crippen LogP contribution in [0.2, 0.25) is 0 Å². The number of hydrogen-bond acceptors (Lipinski definition) is 2. The Morgan fingerprint density at radius 2 is 2.29 bits per heavy atom. The lowest BCUT2D eigenvalue weighted by Crippen LogP contribution is -2.17. The molecule has 74 valence electrons. The number of piperidine rings is 1. The Hall–Kier alpha value is -1.02. The number of phenolic OH excluding ortho intramolecular Hbond substituents is 1. The van der Waals surface area contributed by atoms with Gasteiger partial charge in [-0.05, 0) is 42.3 Å². The van der Waals surface area contributed by atoms with Gasteiger partial charge in [-0.2, -0.15) is 0 Å². The van der Waals surface area contributed by atoms with E-state index in [1.54, 1.807) is 6.07 Å². The van der Waals surface area contributed by atoms with Crippen molar-refractivity contribution in [2.75, 3.05) is 13.1 Å². The van der Waals surface area contributed by atoms with Crippen LogP contribution < -0.4 is 5.32 Å². The van der Waals surface area contributed by atoms with Crippen LogP contribution >= 0.6 is 0 Å². The van der Waals surface area contributed by atoms with Gasteiger partial charge in [0.05, 0.1) is 0 Å². The van der Waals surface area contributed by atoms with Crippen molar-refractivity contribution in [3.63, 3.8) is 0 Å². The van der Waals surface area contributed by atoms with E-state index in [4.69, 9.17) is 0 Å². The molecule has 0 radical (unpaired) electrons. The maximum absolute atomic E-state index is 9.68. The van der Waals surface area contributed by atoms with Crippen molar-refractivity contribution in [1.82, 2.24) is 5.32 Å². The molecule has 2 atom stereocenters. The van der Waals surface area contributed by atoms with Gasteiger partial charge in [0.2, 0.25) is 0 Å². The summed E-state index contributed by atoms with van der Waals surface area (Å²) in [5.41, 5.74) is 1.59. The summed E-state index contributed by atoms with van der Waals surface area (Å²) in [5, 5.41) is 13.1. The van der Waals surface area contributed by atoms with Crippen molar-refractivity contribution < 1.29 is 5.11 Å². The maximum atomic E-state index is 9.68. The Kier molecular flexibility index (Phi) is 1.62. The molecule has 1 heterocycles. The van der Waals surface area contributed by atoms with Crippen LogP contribution in [0.1, 0.15) is 12.0 Å². The number of para-hydroxylation sites is 1. The summed E-state index contributed by atoms with van der Waals surface area (Å²) in [5.74, 6) is 1.32. The lowest BCUT2D eigenvalue weighted by atomic mass is 9.95. The highest BCUT2D eigenvalue weighted by atomic mass is 16.3. The molecule has 14 heavy (non-hydrogen) atoms. The summed E-state index contributed by atoms with van der Waals surface area (Å²) in [6, 6.07) is 7.71. The highest BCUT2D eigenvalue weighted by Gasteiger charge is 2.56. The molecule has 1 aliphatic carbocycles. The largest absolute Gasteiger partial charge is 0.508 e. The average Bonchev–Trinajstić information content (AvgIpc) is 2.72. The number of nitrogens with one attached hydrogen (secondary N) is 1. The zero-order valence-electron chi connectivity index (χ0n) is 8.16. The van der Waals surface area contributed by atoms with E-state index in [2.05, 4.69) is 5.32 Å². The van der Waals surface area contributed by atoms with Crippen molar-refractivity contribution >= 4 is 0 Å². The first-order chi connectivity index (χ1) is 6.80. The molecule has 0 amide bonds. The fraction of sp³-hybridized carbons (Fsp3) is 0.500. The van der Waals surface area contributed by atoms with Gasteiger partial charge in [0.1, 0.15) is 5.75 Å². The summed E-state index contributed by atoms with van der Waals surface area (Å²) in [4.78, 5) is 0. The molecule has 2 aliphatic rings. The molecule has 1 saturated heterocycles. The molecule has 2 nitrogen and oxygen atoms in total. The highest BCUT2D eigenvalue weighted by molar-refractivity contribution is 5.34. The normalized spacial score (nSPS) is 34.1. The molecule has 0 spiro atoms. The van der Waals surface area contributed by atoms with E-state index in [1.807, 2.05) is 18.2 Å². The minimum atomic E-state index is 0.458. The average molecular weight is 189 g/mol. The predicted molar refractivity (Wildman–Crippen MR) is 55.2 cm³/mol. The molecule has 0 aromatic heterocycles. The van der Waals surface area contributed by atoms with Gasteiger partial charge in [-0.25, -0.2) is 0 Å². The minimum Gasteiger partial charge on any atom is -0.508 e. The van der Waals surface area contributed by atoms with Crippen LogP contribution in [-0.4, -0.2) is 18.2 Å². The van der Waals surface area contributed by atoms with Gasteiger partial charge in [0, 0.05) is 6.54 Å². The van der Waals surface area contributed by atoms with Crippen molar-refractivity contribution in [2.24, 2.45) is 11.3 Å². The Labute approximate surface area is 84.0 Å². The second kappa shape index (κ2) is 2.74. The number of benzene rings is 1. The van der Waals surface area contributed by atoms with E-state index < -0.39 is 0 Å². The van der Waals surface area contributed by atoms with Gasteiger partial charge in [-0.15, -0.1) is 0 Å². The number of phenols is 1. The Bertz CT molecular complexity index is 363. The molecule has 0 bridgehead atoms. The first-order valence-corrected chi connectivity index (χ1v) is 5.28. The third-order valence-electron chi connectivity index (χ3n) is 3.76. The van der Waals surface area contributed by atoms with Crippen LogP contribution in [-0.2, 0) is 6.42 Å². The topological polar surface area (TPSA) is 32.3 Å². The maximum Gasteiger partial charge on any atom is 0.118 e. The van der Waals surface area contributed by atoms with Gasteiger partial charge in [0.15, 0.2) is 0 Å². The predicted octanol–water partition coefficient (Wildman–Crippen LogP) is 1.54. The zero-order valence-corrected chi connectivity index (χ0v) is 8.16. The Balaban J connectivity index is 1.82. The Morgan fingerprint density at radius 1 is 1.43 bits per heavy atom. The zero-order chi connectivity index (χ0) is 9.60. The van der Waals surface area contributed by atoms with E-state index >= 15 is 0 Å². The van der Waals surface area contributed by atoms with Crippen LogP contribution in [0.5, 0.6) is 5.75 Å². The molecule has 1 aromatic carbocycles. The fourth-order valence-corrected chi connectivity index (χ4v) is 2.75. The lowest BCUT2D eigenvalue weighted by Gasteiger charge is -2.12. The number of fused-ring (bicyclic) bond motifs is 1. The first kappa shape index (κ1) is 8.30. The van der Waals surface area contributed by atoms with Crippen LogP contribution in [0.15, 0.2) is 24.3 Å². The number of aromatic hydroxyl groups is 1. The van der Waals surface area contributed by atoms with Crippen LogP contribution in [0.4, 0.5) is 0 Å². The van der Waals surface area contributed by atoms with Crippen molar-refractivity contribution in [1.29, 1.82) is 0 Å². The molecular weight excluding hydrogens is 174 g/mol. The Morgan fingerprint density at radius 3 is 2.93 bits per heavy atom. The van der Waals surface area contributed by atoms with Crippen LogP contribution in [0.25, 0.3) is 0 Å². The second-order valence-electron chi connectivity index (χ2n) is 4.70. The van der Waals surface area contributed by atoms with E-state index in [0.717, 1.165) is 24.4 Å². The smallest absolute Gasteiger partial charge is 0.118 e. The number of hydrogen-bond donors (Lipinski definition) is 2. The summed E-state index contributed by atoms with van der Waals surface area (Å²) in [7, 11) is 0. The fourth-order valence-electron chi connectivity index (χ4n) is 2.75. The minimum absolute atomic E-state index is 0.458. The number of rotatable bonds is 2. The molecule has 3 rings (SSSR count). The SMILES string of the molecule is Oc1ccccc1CC12CNCC1C2. The summed E-state index contributed by atoms with van der Waals surface area (Å²) in [6.45, 7) is 2.31. The second-order valence-corrected chi connectivity index (χ2v) is 4.70. The van der Waals surface area contributed by atoms with E-state index in [9.17, 15) is 5.11 Å². The summed E-state index contributed by atoms with van der Waals surface area (Å²) >= 11 is 0. The quantitative estimate of drug-likeness (QED) is 0.739. The highest BCUT2D eigenvalue weighted by Crippen LogP contribution is 2.57. The van der Waals surface area contributed by atoms with Gasteiger partial charge in [-0.1, -0.05) is 18.2 Å². The molecule has 2 N–H and O–H groups in total. The third kappa shape index (κ3) is 1.14. The molecule has 2 unspecified atom stereocenters. The molecule has 2 heteroatoms. The van der Waals surface area contributed by atoms with Crippen molar-refractivity contribution in [3.05, 3.63) is 29.8 Å². The molecular formula is C12H15NO. The first-order valence-electron chi connectivity index (χ1n) is 5.28. The molecule has 1 aromatic rings. The van der Waals surface area contributed by atoms with Crippen LogP contribution in [0.3, 0.4) is 0 Å². The third-order valence-corrected chi connectivity index (χ3v) is 3.76. The molecule has 1 saturated carbocycles. The van der Waals surface area contributed by atoms with Gasteiger partial charge < -0.3 is 10.4 Å². The van der Waals surface area contributed by atoms with Gasteiger partial charge in [-0.3, -0.25) is 0 Å².